The number of benzene rings is 2. The van der Waals surface area contributed by atoms with Crippen molar-refractivity contribution < 1.29 is 27.2 Å². The van der Waals surface area contributed by atoms with Gasteiger partial charge in [0.15, 0.2) is 66.4 Å². The van der Waals surface area contributed by atoms with Gasteiger partial charge in [0.2, 0.25) is 5.91 Å². The van der Waals surface area contributed by atoms with E-state index < -0.39 is 0 Å². The number of pyridine rings is 12. The molecule has 42 heteroatoms. The maximum atomic E-state index is 13.7. The molecule has 2 aromatic carbocycles. The summed E-state index contributed by atoms with van der Waals surface area (Å²) < 4.78 is 54.6. The Kier molecular flexibility index (Phi) is 24.8. The summed E-state index contributed by atoms with van der Waals surface area (Å²) >= 11 is 4.23. The molecule has 0 aliphatic heterocycles. The van der Waals surface area contributed by atoms with Crippen LogP contribution in [0.25, 0.3) is 221 Å². The number of H-pyrrole nitrogens is 8. The standard InChI is InChI=1S/C29H19FN8OS.C28H17FN8OS.2C24H19FN8S/c30-24-7-6-23(40-24)21-14-32-15-22-26(21)36-29(35-22)27-20-10-18(12-33-28(20)38-37-27)17-9-19(13-31-11-17)34-25(39)8-16-4-2-1-3-5-16;29-23-7-6-22(39-23)20-13-31-14-21-24(20)35-27(34-21)25-19-9-17(11-32-26(19)37-36-25)16-8-18(12-30-10-16)33-28(38)15-4-2-1-3-5-15;1-33(2)12-13-5-14(8-26-7-13)15-6-16-22(31-32-23(16)28-9-15)24-29-18-11-27-10-17(21(18)30-24)19-3-4-20(25)34-19;1-12(2)29-15-5-13(7-26-9-15)14-6-16-22(32-33-23(16)28-8-14)24-30-18-11-27-10-17(21(18)31-24)19-3-4-20(25)34-19/h1-7,9-15H,8H2,(H,34,39)(H,35,36)(H,33,37,38);1-14H,(H,33,38)(H,34,35)(H,32,36,37);3-11H,12H2,1-2H3,(H,29,30)(H,28,31,32);3-12,29H,1-2H3,(H,30,31)(H,28,32,33). The van der Waals surface area contributed by atoms with Gasteiger partial charge in [0.05, 0.1) is 104 Å². The number of hydrogen-bond donors (Lipinski definition) is 11. The van der Waals surface area contributed by atoms with Gasteiger partial charge in [0, 0.05) is 191 Å². The number of thiophene rings is 4. The Hall–Kier alpha value is -18.8. The molecule has 11 N–H and O–H groups in total. The van der Waals surface area contributed by atoms with Crippen molar-refractivity contribution in [1.82, 2.24) is 145 Å². The van der Waals surface area contributed by atoms with Crippen LogP contribution < -0.4 is 16.0 Å². The molecule has 24 heterocycles. The summed E-state index contributed by atoms with van der Waals surface area (Å²) in [6, 6.07) is 47.4. The second-order valence-corrected chi connectivity index (χ2v) is 38.5. The lowest BCUT2D eigenvalue weighted by Gasteiger charge is -2.10. The molecule has 24 aromatic heterocycles. The minimum Gasteiger partial charge on any atom is -0.382 e. The van der Waals surface area contributed by atoms with Crippen LogP contribution in [0, 0.1) is 20.5 Å². The highest BCUT2D eigenvalue weighted by Crippen LogP contribution is 2.42. The fourth-order valence-corrected chi connectivity index (χ4v) is 19.9. The van der Waals surface area contributed by atoms with Gasteiger partial charge in [-0.15, -0.1) is 45.3 Å². The molecule has 26 aromatic rings. The average molecular weight is 2020 g/mol. The van der Waals surface area contributed by atoms with E-state index in [1.54, 1.807) is 142 Å². The quantitative estimate of drug-likeness (QED) is 0.0298. The predicted molar refractivity (Wildman–Crippen MR) is 562 cm³/mol. The van der Waals surface area contributed by atoms with Gasteiger partial charge in [0.25, 0.3) is 5.91 Å². The largest absolute Gasteiger partial charge is 0.382 e. The zero-order chi connectivity index (χ0) is 99.9. The van der Waals surface area contributed by atoms with E-state index in [9.17, 15) is 27.2 Å². The highest BCUT2D eigenvalue weighted by Gasteiger charge is 2.26. The molecule has 0 aliphatic carbocycles. The number of nitrogens with one attached hydrogen (secondary N) is 11. The van der Waals surface area contributed by atoms with Crippen LogP contribution in [0.2, 0.25) is 0 Å². The average Bonchev–Trinajstić information content (AvgIpc) is 1.62. The molecular formula is C105H74F4N32O2S4. The summed E-state index contributed by atoms with van der Waals surface area (Å²) in [6.07, 6.45) is 34.8. The molecule has 2 amide bonds. The number of nitrogens with zero attached hydrogens (tertiary/aromatic N) is 21. The first-order chi connectivity index (χ1) is 71.8. The van der Waals surface area contributed by atoms with Crippen LogP contribution in [-0.4, -0.2) is 177 Å². The van der Waals surface area contributed by atoms with E-state index in [1.807, 2.05) is 118 Å². The third kappa shape index (κ3) is 19.3. The summed E-state index contributed by atoms with van der Waals surface area (Å²) in [5, 5.41) is 41.0. The minimum absolute atomic E-state index is 0.125. The van der Waals surface area contributed by atoms with Crippen molar-refractivity contribution in [3.63, 3.8) is 0 Å². The van der Waals surface area contributed by atoms with Gasteiger partial charge in [0.1, 0.15) is 44.8 Å². The molecular weight excluding hydrogens is 1950 g/mol. The smallest absolute Gasteiger partial charge is 0.255 e. The Morgan fingerprint density at radius 2 is 0.707 bits per heavy atom. The number of rotatable bonds is 21. The molecule has 0 saturated carbocycles. The Bertz CT molecular complexity index is 9200. The monoisotopic (exact) mass is 2020 g/mol. The van der Waals surface area contributed by atoms with Crippen LogP contribution in [0.3, 0.4) is 0 Å². The van der Waals surface area contributed by atoms with Crippen LogP contribution in [0.15, 0.2) is 282 Å². The van der Waals surface area contributed by atoms with Crippen molar-refractivity contribution in [2.75, 3.05) is 30.0 Å². The zero-order valence-electron chi connectivity index (χ0n) is 77.4. The van der Waals surface area contributed by atoms with Crippen LogP contribution in [-0.2, 0) is 17.8 Å². The van der Waals surface area contributed by atoms with Gasteiger partial charge >= 0.3 is 0 Å². The van der Waals surface area contributed by atoms with Gasteiger partial charge in [-0.25, -0.2) is 39.9 Å². The molecule has 0 saturated heterocycles. The fraction of sp³-hybridized carbons (Fsp3) is 0.0667. The van der Waals surface area contributed by atoms with Crippen molar-refractivity contribution in [3.05, 3.63) is 319 Å². The summed E-state index contributed by atoms with van der Waals surface area (Å²) in [6.45, 7) is 4.97. The maximum absolute atomic E-state index is 13.7. The minimum atomic E-state index is -0.271. The molecule has 0 unspecified atom stereocenters. The lowest BCUT2D eigenvalue weighted by Crippen LogP contribution is -2.14. The lowest BCUT2D eigenvalue weighted by atomic mass is 10.1. The van der Waals surface area contributed by atoms with Crippen molar-refractivity contribution >= 4 is 162 Å². The molecule has 147 heavy (non-hydrogen) atoms. The van der Waals surface area contributed by atoms with Gasteiger partial charge in [-0.2, -0.15) is 38.0 Å². The Labute approximate surface area is 843 Å². The highest BCUT2D eigenvalue weighted by atomic mass is 32.1. The molecule has 718 valence electrons. The number of amides is 2. The van der Waals surface area contributed by atoms with E-state index in [1.165, 1.54) is 24.3 Å². The number of imidazole rings is 4. The third-order valence-electron chi connectivity index (χ3n) is 23.6. The van der Waals surface area contributed by atoms with E-state index in [0.717, 1.165) is 210 Å². The second-order valence-electron chi connectivity index (χ2n) is 34.4. The normalized spacial score (nSPS) is 11.5. The number of fused-ring (bicyclic) bond motifs is 8. The SMILES string of the molecule is CC(C)Nc1cncc(-c2cnc3n[nH]c(-c4nc5c(-c6ccc(F)s6)cncc5[nH]4)c3c2)c1.CN(C)Cc1cncc(-c2cnc3n[nH]c(-c4nc5c(-c6ccc(F)s6)cncc5[nH]4)c3c2)c1.O=C(Cc1ccccc1)Nc1cncc(-c2cnc3n[nH]c(-c4nc5c(-c6ccc(F)s6)cncc5[nH]4)c3c2)c1.O=C(Nc1cncc(-c2cnc3[nH]nc(-c4nc5c(-c6ccc(F)s6)cncc5[nH]4)c3c2)c1)c1ccccc1. The first-order valence-electron chi connectivity index (χ1n) is 45.5. The summed E-state index contributed by atoms with van der Waals surface area (Å²) in [4.78, 5) is 115. The van der Waals surface area contributed by atoms with Crippen molar-refractivity contribution in [2.45, 2.75) is 32.9 Å². The van der Waals surface area contributed by atoms with Crippen LogP contribution in [0.5, 0.6) is 0 Å². The number of halogens is 4. The molecule has 34 nitrogen and oxygen atoms in total. The summed E-state index contributed by atoms with van der Waals surface area (Å²) in [7, 11) is 4.06. The van der Waals surface area contributed by atoms with Gasteiger partial charge in [-0.1, -0.05) is 48.5 Å². The Morgan fingerprint density at radius 3 is 1.12 bits per heavy atom. The zero-order valence-corrected chi connectivity index (χ0v) is 80.7. The Balaban J connectivity index is 0.000000108. The van der Waals surface area contributed by atoms with Crippen LogP contribution in [0.4, 0.5) is 34.6 Å². The van der Waals surface area contributed by atoms with Crippen LogP contribution in [0.1, 0.15) is 35.3 Å². The first kappa shape index (κ1) is 92.0. The topological polar surface area (TPSA) is 458 Å². The van der Waals surface area contributed by atoms with E-state index >= 15 is 0 Å². The molecule has 0 radical (unpaired) electrons. The molecule has 0 fully saturated rings. The van der Waals surface area contributed by atoms with E-state index in [2.05, 4.69) is 167 Å². The predicted octanol–water partition coefficient (Wildman–Crippen LogP) is 22.6. The first-order valence-corrected chi connectivity index (χ1v) is 48.8. The number of aromatic nitrogens is 28. The molecule has 0 spiro atoms. The summed E-state index contributed by atoms with van der Waals surface area (Å²) in [5.74, 6) is 1.97. The number of carbonyl (C=O) groups is 2. The van der Waals surface area contributed by atoms with E-state index in [-0.39, 0.29) is 38.8 Å². The fourth-order valence-electron chi connectivity index (χ4n) is 16.9. The van der Waals surface area contributed by atoms with Gasteiger partial charge in [-0.3, -0.25) is 69.9 Å². The second kappa shape index (κ2) is 39.6. The maximum Gasteiger partial charge on any atom is 0.255 e. The van der Waals surface area contributed by atoms with Crippen LogP contribution >= 0.6 is 45.3 Å². The van der Waals surface area contributed by atoms with Crippen molar-refractivity contribution in [1.29, 1.82) is 0 Å². The van der Waals surface area contributed by atoms with Gasteiger partial charge < -0.3 is 40.8 Å². The number of carbonyl (C=O) groups excluding carboxylic acids is 2. The van der Waals surface area contributed by atoms with Gasteiger partial charge in [-0.05, 0) is 148 Å². The number of aromatic amines is 8. The molecule has 0 bridgehead atoms. The Morgan fingerprint density at radius 1 is 0.347 bits per heavy atom. The summed E-state index contributed by atoms with van der Waals surface area (Å²) in [5.41, 5.74) is 25.4. The third-order valence-corrected chi connectivity index (χ3v) is 27.2. The van der Waals surface area contributed by atoms with Crippen molar-refractivity contribution in [2.24, 2.45) is 0 Å². The lowest BCUT2D eigenvalue weighted by molar-refractivity contribution is -0.115. The van der Waals surface area contributed by atoms with E-state index in [0.29, 0.717) is 102 Å². The molecule has 0 atom stereocenters. The number of anilines is 3. The number of hydrogen-bond acceptors (Lipinski definition) is 28. The molecule has 0 aliphatic rings. The van der Waals surface area contributed by atoms with E-state index in [4.69, 9.17) is 19.9 Å². The highest BCUT2D eigenvalue weighted by molar-refractivity contribution is 7.15. The van der Waals surface area contributed by atoms with Crippen molar-refractivity contribution in [3.8, 4) is 132 Å². The molecule has 26 rings (SSSR count).